The molecule has 27 heavy (non-hydrogen) atoms. The molecule has 2 amide bonds. The number of para-hydroxylation sites is 4. The van der Waals surface area contributed by atoms with E-state index < -0.39 is 5.92 Å². The van der Waals surface area contributed by atoms with Crippen molar-refractivity contribution in [3.63, 3.8) is 0 Å². The second kappa shape index (κ2) is 7.11. The van der Waals surface area contributed by atoms with Crippen LogP contribution in [-0.4, -0.2) is 35.4 Å². The first kappa shape index (κ1) is 17.1. The van der Waals surface area contributed by atoms with Crippen LogP contribution in [0.1, 0.15) is 12.2 Å². The number of rotatable bonds is 5. The molecule has 2 heterocycles. The van der Waals surface area contributed by atoms with Crippen LogP contribution in [-0.2, 0) is 16.1 Å². The van der Waals surface area contributed by atoms with Gasteiger partial charge in [-0.05, 0) is 24.3 Å². The van der Waals surface area contributed by atoms with E-state index in [-0.39, 0.29) is 18.2 Å². The van der Waals surface area contributed by atoms with Crippen molar-refractivity contribution in [2.45, 2.75) is 13.0 Å². The van der Waals surface area contributed by atoms with Gasteiger partial charge in [0.1, 0.15) is 11.6 Å². The minimum absolute atomic E-state index is 0.0802. The SMILES string of the molecule is COc1ccccc1N1CC(C(=O)NCc2nc3ccccc3[nH]2)CC1=O. The number of hydrogen-bond acceptors (Lipinski definition) is 4. The summed E-state index contributed by atoms with van der Waals surface area (Å²) in [6, 6.07) is 15.0. The third-order valence-electron chi connectivity index (χ3n) is 4.74. The lowest BCUT2D eigenvalue weighted by Gasteiger charge is -2.19. The highest BCUT2D eigenvalue weighted by Gasteiger charge is 2.36. The molecule has 0 bridgehead atoms. The van der Waals surface area contributed by atoms with Crippen molar-refractivity contribution in [1.29, 1.82) is 0 Å². The second-order valence-corrected chi connectivity index (χ2v) is 6.50. The van der Waals surface area contributed by atoms with Gasteiger partial charge in [0.15, 0.2) is 0 Å². The molecule has 7 nitrogen and oxygen atoms in total. The Morgan fingerprint density at radius 2 is 2.04 bits per heavy atom. The van der Waals surface area contributed by atoms with Gasteiger partial charge >= 0.3 is 0 Å². The van der Waals surface area contributed by atoms with E-state index in [2.05, 4.69) is 15.3 Å². The molecule has 1 aromatic heterocycles. The topological polar surface area (TPSA) is 87.3 Å². The van der Waals surface area contributed by atoms with E-state index in [4.69, 9.17) is 4.74 Å². The number of carbonyl (C=O) groups is 2. The minimum Gasteiger partial charge on any atom is -0.495 e. The fourth-order valence-corrected chi connectivity index (χ4v) is 3.37. The average molecular weight is 364 g/mol. The number of benzene rings is 2. The Hall–Kier alpha value is -3.35. The summed E-state index contributed by atoms with van der Waals surface area (Å²) in [6.45, 7) is 0.637. The third kappa shape index (κ3) is 3.36. The highest BCUT2D eigenvalue weighted by molar-refractivity contribution is 6.01. The lowest BCUT2D eigenvalue weighted by Crippen LogP contribution is -2.33. The summed E-state index contributed by atoms with van der Waals surface area (Å²) in [5.74, 6) is 0.682. The number of hydrogen-bond donors (Lipinski definition) is 2. The zero-order valence-corrected chi connectivity index (χ0v) is 14.9. The first-order chi connectivity index (χ1) is 13.2. The van der Waals surface area contributed by atoms with Gasteiger partial charge in [-0.3, -0.25) is 9.59 Å². The predicted molar refractivity (Wildman–Crippen MR) is 101 cm³/mol. The smallest absolute Gasteiger partial charge is 0.227 e. The largest absolute Gasteiger partial charge is 0.495 e. The molecule has 0 aliphatic carbocycles. The van der Waals surface area contributed by atoms with E-state index in [0.717, 1.165) is 11.0 Å². The van der Waals surface area contributed by atoms with Gasteiger partial charge in [-0.1, -0.05) is 24.3 Å². The molecular formula is C20H20N4O3. The molecule has 4 rings (SSSR count). The summed E-state index contributed by atoms with van der Waals surface area (Å²) in [6.07, 6.45) is 0.185. The standard InChI is InChI=1S/C20H20N4O3/c1-27-17-9-5-4-8-16(17)24-12-13(10-19(24)25)20(26)21-11-18-22-14-6-2-3-7-15(14)23-18/h2-9,13H,10-12H2,1H3,(H,21,26)(H,22,23). The minimum atomic E-state index is -0.396. The van der Waals surface area contributed by atoms with Crippen LogP contribution in [0.4, 0.5) is 5.69 Å². The first-order valence-electron chi connectivity index (χ1n) is 8.80. The molecule has 7 heteroatoms. The summed E-state index contributed by atoms with van der Waals surface area (Å²) in [7, 11) is 1.57. The van der Waals surface area contributed by atoms with Gasteiger partial charge in [-0.15, -0.1) is 0 Å². The number of carbonyl (C=O) groups excluding carboxylic acids is 2. The summed E-state index contributed by atoms with van der Waals surface area (Å²) in [5, 5.41) is 2.88. The number of nitrogens with zero attached hydrogens (tertiary/aromatic N) is 2. The number of nitrogens with one attached hydrogen (secondary N) is 2. The summed E-state index contributed by atoms with van der Waals surface area (Å²) >= 11 is 0. The number of H-pyrrole nitrogens is 1. The zero-order chi connectivity index (χ0) is 18.8. The number of imidazole rings is 1. The molecule has 1 fully saturated rings. The number of anilines is 1. The Bertz CT molecular complexity index is 965. The maximum absolute atomic E-state index is 12.5. The van der Waals surface area contributed by atoms with E-state index in [1.807, 2.05) is 42.5 Å². The highest BCUT2D eigenvalue weighted by Crippen LogP contribution is 2.32. The third-order valence-corrected chi connectivity index (χ3v) is 4.74. The molecule has 138 valence electrons. The molecule has 1 unspecified atom stereocenters. The summed E-state index contributed by atoms with van der Waals surface area (Å²) in [5.41, 5.74) is 2.48. The van der Waals surface area contributed by atoms with Crippen LogP contribution in [0.5, 0.6) is 5.75 Å². The quantitative estimate of drug-likeness (QED) is 0.727. The predicted octanol–water partition coefficient (Wildman–Crippen LogP) is 2.24. The van der Waals surface area contributed by atoms with E-state index in [0.29, 0.717) is 30.4 Å². The molecule has 0 spiro atoms. The van der Waals surface area contributed by atoms with Crippen LogP contribution in [0.3, 0.4) is 0 Å². The van der Waals surface area contributed by atoms with Crippen molar-refractivity contribution < 1.29 is 14.3 Å². The molecule has 1 aliphatic rings. The number of aromatic nitrogens is 2. The lowest BCUT2D eigenvalue weighted by atomic mass is 10.1. The van der Waals surface area contributed by atoms with Gasteiger partial charge in [0.05, 0.1) is 36.3 Å². The maximum atomic E-state index is 12.5. The Labute approximate surface area is 156 Å². The molecule has 2 aromatic carbocycles. The average Bonchev–Trinajstić information content (AvgIpc) is 3.29. The number of ether oxygens (including phenoxy) is 1. The van der Waals surface area contributed by atoms with Crippen molar-refractivity contribution >= 4 is 28.5 Å². The second-order valence-electron chi connectivity index (χ2n) is 6.50. The van der Waals surface area contributed by atoms with Gasteiger partial charge in [-0.2, -0.15) is 0 Å². The fourth-order valence-electron chi connectivity index (χ4n) is 3.37. The highest BCUT2D eigenvalue weighted by atomic mass is 16.5. The van der Waals surface area contributed by atoms with Crippen molar-refractivity contribution in [3.8, 4) is 5.75 Å². The Morgan fingerprint density at radius 1 is 1.26 bits per heavy atom. The number of aromatic amines is 1. The Balaban J connectivity index is 1.41. The van der Waals surface area contributed by atoms with E-state index in [1.54, 1.807) is 18.1 Å². The monoisotopic (exact) mass is 364 g/mol. The molecule has 2 N–H and O–H groups in total. The number of fused-ring (bicyclic) bond motifs is 1. The molecule has 3 aromatic rings. The maximum Gasteiger partial charge on any atom is 0.227 e. The summed E-state index contributed by atoms with van der Waals surface area (Å²) < 4.78 is 5.33. The van der Waals surface area contributed by atoms with Gasteiger partial charge in [0.2, 0.25) is 11.8 Å². The number of amides is 2. The Morgan fingerprint density at radius 3 is 2.85 bits per heavy atom. The van der Waals surface area contributed by atoms with Gasteiger partial charge in [-0.25, -0.2) is 4.98 Å². The van der Waals surface area contributed by atoms with Gasteiger partial charge in [0, 0.05) is 13.0 Å². The molecule has 1 saturated heterocycles. The molecule has 1 atom stereocenters. The normalized spacial score (nSPS) is 16.7. The van der Waals surface area contributed by atoms with E-state index in [1.165, 1.54) is 0 Å². The van der Waals surface area contributed by atoms with Crippen molar-refractivity contribution in [2.75, 3.05) is 18.6 Å². The van der Waals surface area contributed by atoms with Gasteiger partial charge < -0.3 is 19.9 Å². The molecular weight excluding hydrogens is 344 g/mol. The van der Waals surface area contributed by atoms with Crippen LogP contribution >= 0.6 is 0 Å². The fraction of sp³-hybridized carbons (Fsp3) is 0.250. The zero-order valence-electron chi connectivity index (χ0n) is 14.9. The van der Waals surface area contributed by atoms with Gasteiger partial charge in [0.25, 0.3) is 0 Å². The van der Waals surface area contributed by atoms with Crippen molar-refractivity contribution in [3.05, 3.63) is 54.4 Å². The summed E-state index contributed by atoms with van der Waals surface area (Å²) in [4.78, 5) is 34.2. The first-order valence-corrected chi connectivity index (χ1v) is 8.80. The lowest BCUT2D eigenvalue weighted by molar-refractivity contribution is -0.126. The van der Waals surface area contributed by atoms with Crippen LogP contribution in [0.25, 0.3) is 11.0 Å². The Kier molecular flexibility index (Phi) is 4.50. The van der Waals surface area contributed by atoms with E-state index >= 15 is 0 Å². The molecule has 0 radical (unpaired) electrons. The van der Waals surface area contributed by atoms with E-state index in [9.17, 15) is 9.59 Å². The van der Waals surface area contributed by atoms with Crippen LogP contribution in [0.2, 0.25) is 0 Å². The van der Waals surface area contributed by atoms with Crippen LogP contribution in [0.15, 0.2) is 48.5 Å². The van der Waals surface area contributed by atoms with Crippen molar-refractivity contribution in [2.24, 2.45) is 5.92 Å². The molecule has 0 saturated carbocycles. The van der Waals surface area contributed by atoms with Crippen molar-refractivity contribution in [1.82, 2.24) is 15.3 Å². The van der Waals surface area contributed by atoms with Crippen LogP contribution < -0.4 is 15.0 Å². The van der Waals surface area contributed by atoms with Crippen LogP contribution in [0, 0.1) is 5.92 Å². The number of methoxy groups -OCH3 is 1. The molecule has 1 aliphatic heterocycles.